The van der Waals surface area contributed by atoms with E-state index in [4.69, 9.17) is 0 Å². The second-order valence-corrected chi connectivity index (χ2v) is 5.36. The molecule has 19 heavy (non-hydrogen) atoms. The summed E-state index contributed by atoms with van der Waals surface area (Å²) in [5.41, 5.74) is 0.901. The number of carbonyl (C=O) groups excluding carboxylic acids is 1. The predicted octanol–water partition coefficient (Wildman–Crippen LogP) is 1.35. The molecule has 0 radical (unpaired) electrons. The zero-order valence-electron chi connectivity index (χ0n) is 11.6. The highest BCUT2D eigenvalue weighted by atomic mass is 16.3. The van der Waals surface area contributed by atoms with Crippen molar-refractivity contribution in [1.29, 1.82) is 0 Å². The predicted molar refractivity (Wildman–Crippen MR) is 76.1 cm³/mol. The molecule has 1 aromatic carbocycles. The Bertz CT molecular complexity index is 421. The summed E-state index contributed by atoms with van der Waals surface area (Å²) in [5, 5.41) is 9.85. The van der Waals surface area contributed by atoms with E-state index < -0.39 is 0 Å². The van der Waals surface area contributed by atoms with Gasteiger partial charge in [0.05, 0.1) is 12.6 Å². The second-order valence-electron chi connectivity index (χ2n) is 5.36. The van der Waals surface area contributed by atoms with Crippen molar-refractivity contribution in [3.05, 3.63) is 30.3 Å². The highest BCUT2D eigenvalue weighted by Crippen LogP contribution is 2.17. The molecule has 4 nitrogen and oxygen atoms in total. The van der Waals surface area contributed by atoms with Crippen molar-refractivity contribution in [2.75, 3.05) is 31.6 Å². The molecule has 1 aliphatic heterocycles. The SMILES string of the molecule is CC1CCN(CC(=O)N(C)c2ccccc2)CC1O. The molecule has 0 aromatic heterocycles. The van der Waals surface area contributed by atoms with E-state index in [1.165, 1.54) is 0 Å². The topological polar surface area (TPSA) is 43.8 Å². The molecular formula is C15H22N2O2. The monoisotopic (exact) mass is 262 g/mol. The Labute approximate surface area is 114 Å². The van der Waals surface area contributed by atoms with Gasteiger partial charge in [-0.3, -0.25) is 9.69 Å². The third-order valence-electron chi connectivity index (χ3n) is 3.88. The van der Waals surface area contributed by atoms with Gasteiger partial charge in [-0.15, -0.1) is 0 Å². The van der Waals surface area contributed by atoms with Gasteiger partial charge in [0.25, 0.3) is 0 Å². The standard InChI is InChI=1S/C15H22N2O2/c1-12-8-9-17(10-14(12)18)11-15(19)16(2)13-6-4-3-5-7-13/h3-7,12,14,18H,8-11H2,1-2H3. The van der Waals surface area contributed by atoms with Crippen molar-refractivity contribution in [2.24, 2.45) is 5.92 Å². The van der Waals surface area contributed by atoms with Gasteiger partial charge in [-0.05, 0) is 31.0 Å². The maximum Gasteiger partial charge on any atom is 0.240 e. The van der Waals surface area contributed by atoms with Crippen LogP contribution in [0.15, 0.2) is 30.3 Å². The maximum atomic E-state index is 12.2. The van der Waals surface area contributed by atoms with Gasteiger partial charge >= 0.3 is 0 Å². The summed E-state index contributed by atoms with van der Waals surface area (Å²) in [6, 6.07) is 9.62. The first kappa shape index (κ1) is 14.0. The number of aliphatic hydroxyl groups is 1. The molecule has 0 saturated carbocycles. The molecule has 1 amide bonds. The molecule has 104 valence electrons. The molecule has 0 aliphatic carbocycles. The number of carbonyl (C=O) groups is 1. The van der Waals surface area contributed by atoms with E-state index in [-0.39, 0.29) is 12.0 Å². The molecule has 1 saturated heterocycles. The average Bonchev–Trinajstić information content (AvgIpc) is 2.43. The van der Waals surface area contributed by atoms with E-state index in [9.17, 15) is 9.90 Å². The van der Waals surface area contributed by atoms with E-state index in [1.54, 1.807) is 11.9 Å². The highest BCUT2D eigenvalue weighted by molar-refractivity contribution is 5.94. The first-order chi connectivity index (χ1) is 9.08. The Morgan fingerprint density at radius 1 is 1.42 bits per heavy atom. The van der Waals surface area contributed by atoms with Crippen LogP contribution in [-0.4, -0.2) is 48.7 Å². The molecule has 1 aliphatic rings. The van der Waals surface area contributed by atoms with Crippen LogP contribution in [0.4, 0.5) is 5.69 Å². The van der Waals surface area contributed by atoms with Gasteiger partial charge in [0.1, 0.15) is 0 Å². The minimum atomic E-state index is -0.316. The minimum Gasteiger partial charge on any atom is -0.392 e. The Balaban J connectivity index is 1.91. The van der Waals surface area contributed by atoms with Crippen LogP contribution in [0, 0.1) is 5.92 Å². The van der Waals surface area contributed by atoms with Gasteiger partial charge in [0.15, 0.2) is 0 Å². The minimum absolute atomic E-state index is 0.0629. The molecule has 1 heterocycles. The Hall–Kier alpha value is -1.39. The zero-order valence-corrected chi connectivity index (χ0v) is 11.6. The quantitative estimate of drug-likeness (QED) is 0.894. The van der Waals surface area contributed by atoms with Crippen molar-refractivity contribution in [3.8, 4) is 0 Å². The fourth-order valence-corrected chi connectivity index (χ4v) is 2.35. The average molecular weight is 262 g/mol. The van der Waals surface area contributed by atoms with Crippen molar-refractivity contribution in [3.63, 3.8) is 0 Å². The molecule has 1 aromatic rings. The number of rotatable bonds is 3. The molecule has 1 N–H and O–H groups in total. The number of likely N-dealkylation sites (tertiary alicyclic amines) is 1. The van der Waals surface area contributed by atoms with E-state index in [1.807, 2.05) is 35.2 Å². The van der Waals surface area contributed by atoms with Crippen LogP contribution >= 0.6 is 0 Å². The van der Waals surface area contributed by atoms with Crippen LogP contribution in [0.5, 0.6) is 0 Å². The molecule has 0 spiro atoms. The van der Waals surface area contributed by atoms with Gasteiger partial charge in [-0.1, -0.05) is 25.1 Å². The molecule has 2 unspecified atom stereocenters. The first-order valence-electron chi connectivity index (χ1n) is 6.80. The van der Waals surface area contributed by atoms with Crippen molar-refractivity contribution in [1.82, 2.24) is 4.90 Å². The largest absolute Gasteiger partial charge is 0.392 e. The lowest BCUT2D eigenvalue weighted by atomic mass is 9.96. The van der Waals surface area contributed by atoms with E-state index in [0.29, 0.717) is 19.0 Å². The molecule has 2 atom stereocenters. The lowest BCUT2D eigenvalue weighted by Crippen LogP contribution is -2.47. The number of aliphatic hydroxyl groups excluding tert-OH is 1. The van der Waals surface area contributed by atoms with Crippen molar-refractivity contribution >= 4 is 11.6 Å². The number of hydrogen-bond donors (Lipinski definition) is 1. The summed E-state index contributed by atoms with van der Waals surface area (Å²) < 4.78 is 0. The van der Waals surface area contributed by atoms with E-state index in [0.717, 1.165) is 18.7 Å². The second kappa shape index (κ2) is 6.17. The number of anilines is 1. The van der Waals surface area contributed by atoms with E-state index in [2.05, 4.69) is 6.92 Å². The Morgan fingerprint density at radius 3 is 2.74 bits per heavy atom. The van der Waals surface area contributed by atoms with Crippen LogP contribution in [-0.2, 0) is 4.79 Å². The number of benzene rings is 1. The van der Waals surface area contributed by atoms with Gasteiger partial charge in [0.2, 0.25) is 5.91 Å². The smallest absolute Gasteiger partial charge is 0.240 e. The lowest BCUT2D eigenvalue weighted by molar-refractivity contribution is -0.120. The summed E-state index contributed by atoms with van der Waals surface area (Å²) in [6.07, 6.45) is 0.632. The van der Waals surface area contributed by atoms with Crippen LogP contribution in [0.25, 0.3) is 0 Å². The summed E-state index contributed by atoms with van der Waals surface area (Å²) in [5.74, 6) is 0.395. The summed E-state index contributed by atoms with van der Waals surface area (Å²) in [6.45, 7) is 3.90. The summed E-state index contributed by atoms with van der Waals surface area (Å²) >= 11 is 0. The fraction of sp³-hybridized carbons (Fsp3) is 0.533. The van der Waals surface area contributed by atoms with Gasteiger partial charge < -0.3 is 10.0 Å². The summed E-state index contributed by atoms with van der Waals surface area (Å²) in [4.78, 5) is 15.9. The molecule has 1 fully saturated rings. The maximum absolute atomic E-state index is 12.2. The van der Waals surface area contributed by atoms with E-state index >= 15 is 0 Å². The van der Waals surface area contributed by atoms with Crippen molar-refractivity contribution < 1.29 is 9.90 Å². The number of β-amino-alcohol motifs (C(OH)–C–C–N with tert-alkyl or cyclic N) is 1. The lowest BCUT2D eigenvalue weighted by Gasteiger charge is -2.34. The molecule has 2 rings (SSSR count). The van der Waals surface area contributed by atoms with Crippen molar-refractivity contribution in [2.45, 2.75) is 19.4 Å². The Morgan fingerprint density at radius 2 is 2.11 bits per heavy atom. The number of para-hydroxylation sites is 1. The molecule has 0 bridgehead atoms. The van der Waals surface area contributed by atoms with Gasteiger partial charge in [-0.25, -0.2) is 0 Å². The van der Waals surface area contributed by atoms with Crippen LogP contribution in [0.2, 0.25) is 0 Å². The van der Waals surface area contributed by atoms with Crippen LogP contribution in [0.3, 0.4) is 0 Å². The number of nitrogens with zero attached hydrogens (tertiary/aromatic N) is 2. The number of likely N-dealkylation sites (N-methyl/N-ethyl adjacent to an activating group) is 1. The number of piperidine rings is 1. The normalized spacial score (nSPS) is 24.2. The van der Waals surface area contributed by atoms with Crippen LogP contribution < -0.4 is 4.90 Å². The fourth-order valence-electron chi connectivity index (χ4n) is 2.35. The zero-order chi connectivity index (χ0) is 13.8. The first-order valence-corrected chi connectivity index (χ1v) is 6.80. The third kappa shape index (κ3) is 3.55. The third-order valence-corrected chi connectivity index (χ3v) is 3.88. The summed E-state index contributed by atoms with van der Waals surface area (Å²) in [7, 11) is 1.79. The van der Waals surface area contributed by atoms with Gasteiger partial charge in [-0.2, -0.15) is 0 Å². The molecular weight excluding hydrogens is 240 g/mol. The molecule has 4 heteroatoms. The van der Waals surface area contributed by atoms with Gasteiger partial charge in [0, 0.05) is 19.3 Å². The highest BCUT2D eigenvalue weighted by Gasteiger charge is 2.26. The number of hydrogen-bond acceptors (Lipinski definition) is 3. The number of amides is 1. The van der Waals surface area contributed by atoms with Crippen LogP contribution in [0.1, 0.15) is 13.3 Å². The Kier molecular flexibility index (Phi) is 4.56.